The largest absolute Gasteiger partial charge is 0.481 e. The molecule has 0 bridgehead atoms. The Bertz CT molecular complexity index is 308. The van der Waals surface area contributed by atoms with Gasteiger partial charge in [0.15, 0.2) is 0 Å². The molecule has 1 amide bonds. The molecule has 0 heterocycles. The zero-order valence-electron chi connectivity index (χ0n) is 10.5. The molecule has 104 valence electrons. The van der Waals surface area contributed by atoms with Gasteiger partial charge in [0, 0.05) is 0 Å². The van der Waals surface area contributed by atoms with E-state index < -0.39 is 29.8 Å². The van der Waals surface area contributed by atoms with Gasteiger partial charge in [-0.25, -0.2) is 4.79 Å². The highest BCUT2D eigenvalue weighted by Crippen LogP contribution is 2.07. The lowest BCUT2D eigenvalue weighted by molar-refractivity contribution is -0.149. The summed E-state index contributed by atoms with van der Waals surface area (Å²) in [6, 6.07) is -1.02. The van der Waals surface area contributed by atoms with Gasteiger partial charge in [0.25, 0.3) is 0 Å². The highest BCUT2D eigenvalue weighted by atomic mass is 32.2. The fourth-order valence-electron chi connectivity index (χ4n) is 1.11. The molecule has 2 unspecified atom stereocenters. The molecule has 18 heavy (non-hydrogen) atoms. The highest BCUT2D eigenvalue weighted by Gasteiger charge is 2.26. The van der Waals surface area contributed by atoms with Crippen molar-refractivity contribution in [2.24, 2.45) is 5.92 Å². The second-order valence-electron chi connectivity index (χ2n) is 3.86. The summed E-state index contributed by atoms with van der Waals surface area (Å²) in [5, 5.41) is 19.8. The van der Waals surface area contributed by atoms with Crippen LogP contribution < -0.4 is 5.32 Å². The lowest BCUT2D eigenvalue weighted by Crippen LogP contribution is -2.45. The van der Waals surface area contributed by atoms with Gasteiger partial charge in [-0.15, -0.1) is 0 Å². The van der Waals surface area contributed by atoms with Gasteiger partial charge in [0.05, 0.1) is 0 Å². The number of carboxylic acid groups (broad SMARTS) is 2. The van der Waals surface area contributed by atoms with Crippen LogP contribution >= 0.6 is 11.8 Å². The molecule has 0 rings (SSSR count). The summed E-state index contributed by atoms with van der Waals surface area (Å²) < 4.78 is 0. The van der Waals surface area contributed by atoms with Crippen LogP contribution in [0.3, 0.4) is 0 Å². The molecule has 0 radical (unpaired) electrons. The summed E-state index contributed by atoms with van der Waals surface area (Å²) in [6.45, 7) is 3.25. The summed E-state index contributed by atoms with van der Waals surface area (Å²) in [7, 11) is 0. The van der Waals surface area contributed by atoms with E-state index in [0.717, 1.165) is 12.2 Å². The first-order valence-electron chi connectivity index (χ1n) is 5.73. The van der Waals surface area contributed by atoms with Crippen molar-refractivity contribution in [3.63, 3.8) is 0 Å². The Labute approximate surface area is 110 Å². The third-order valence-electron chi connectivity index (χ3n) is 2.28. The van der Waals surface area contributed by atoms with Crippen molar-refractivity contribution in [2.75, 3.05) is 11.5 Å². The molecular formula is C11H19NO5S. The predicted octanol–water partition coefficient (Wildman–Crippen LogP) is 0.810. The first kappa shape index (κ1) is 16.8. The standard InChI is InChI=1S/C11H19NO5S/c1-3-5-18-6-4-8(11(16)17)12-9(13)7(2)10(14)15/h7-8H,3-6H2,1-2H3,(H,12,13)(H,14,15)(H,16,17). The maximum Gasteiger partial charge on any atom is 0.326 e. The molecule has 0 aliphatic carbocycles. The summed E-state index contributed by atoms with van der Waals surface area (Å²) >= 11 is 1.61. The van der Waals surface area contributed by atoms with E-state index in [9.17, 15) is 14.4 Å². The number of aliphatic carboxylic acids is 2. The highest BCUT2D eigenvalue weighted by molar-refractivity contribution is 7.99. The number of carbonyl (C=O) groups excluding carboxylic acids is 1. The van der Waals surface area contributed by atoms with Crippen LogP contribution in [-0.2, 0) is 14.4 Å². The van der Waals surface area contributed by atoms with Crippen LogP contribution in [0.2, 0.25) is 0 Å². The van der Waals surface area contributed by atoms with E-state index in [1.807, 2.05) is 6.92 Å². The average Bonchev–Trinajstić information content (AvgIpc) is 2.31. The first-order chi connectivity index (χ1) is 8.40. The van der Waals surface area contributed by atoms with Crippen LogP contribution in [0.1, 0.15) is 26.7 Å². The Morgan fingerprint density at radius 1 is 1.17 bits per heavy atom. The molecule has 0 aromatic rings. The number of hydrogen-bond acceptors (Lipinski definition) is 4. The van der Waals surface area contributed by atoms with Crippen LogP contribution in [0.15, 0.2) is 0 Å². The molecule has 0 saturated carbocycles. The number of hydrogen-bond donors (Lipinski definition) is 3. The zero-order valence-corrected chi connectivity index (χ0v) is 11.3. The fourth-order valence-corrected chi connectivity index (χ4v) is 2.01. The minimum Gasteiger partial charge on any atom is -0.481 e. The molecule has 0 aromatic heterocycles. The monoisotopic (exact) mass is 277 g/mol. The van der Waals surface area contributed by atoms with Crippen LogP contribution in [0.5, 0.6) is 0 Å². The van der Waals surface area contributed by atoms with Crippen molar-refractivity contribution < 1.29 is 24.6 Å². The van der Waals surface area contributed by atoms with Crippen LogP contribution in [0.25, 0.3) is 0 Å². The van der Waals surface area contributed by atoms with E-state index in [0.29, 0.717) is 5.75 Å². The van der Waals surface area contributed by atoms with Crippen molar-refractivity contribution in [3.8, 4) is 0 Å². The molecule has 2 atom stereocenters. The average molecular weight is 277 g/mol. The third kappa shape index (κ3) is 6.48. The number of carboxylic acids is 2. The first-order valence-corrected chi connectivity index (χ1v) is 6.89. The molecule has 0 aromatic carbocycles. The Morgan fingerprint density at radius 2 is 1.78 bits per heavy atom. The molecule has 3 N–H and O–H groups in total. The Kier molecular flexibility index (Phi) is 8.19. The molecule has 0 spiro atoms. The minimum atomic E-state index is -1.27. The molecule has 0 saturated heterocycles. The van der Waals surface area contributed by atoms with Gasteiger partial charge in [-0.2, -0.15) is 11.8 Å². The molecule has 0 fully saturated rings. The van der Waals surface area contributed by atoms with Gasteiger partial charge in [-0.1, -0.05) is 6.92 Å². The lowest BCUT2D eigenvalue weighted by Gasteiger charge is -2.15. The van der Waals surface area contributed by atoms with Gasteiger partial charge in [0.2, 0.25) is 5.91 Å². The van der Waals surface area contributed by atoms with Crippen molar-refractivity contribution in [2.45, 2.75) is 32.7 Å². The van der Waals surface area contributed by atoms with Crippen molar-refractivity contribution >= 4 is 29.6 Å². The normalized spacial score (nSPS) is 13.7. The van der Waals surface area contributed by atoms with Gasteiger partial charge in [-0.05, 0) is 31.3 Å². The van der Waals surface area contributed by atoms with E-state index in [1.54, 1.807) is 11.8 Å². The number of carbonyl (C=O) groups is 3. The van der Waals surface area contributed by atoms with Gasteiger partial charge in [0.1, 0.15) is 12.0 Å². The van der Waals surface area contributed by atoms with Crippen LogP contribution in [0, 0.1) is 5.92 Å². The van der Waals surface area contributed by atoms with E-state index >= 15 is 0 Å². The maximum atomic E-state index is 11.4. The number of nitrogens with one attached hydrogen (secondary N) is 1. The molecular weight excluding hydrogens is 258 g/mol. The lowest BCUT2D eigenvalue weighted by atomic mass is 10.1. The summed E-state index contributed by atoms with van der Waals surface area (Å²) in [5.74, 6) is -2.86. The van der Waals surface area contributed by atoms with Gasteiger partial charge < -0.3 is 15.5 Å². The van der Waals surface area contributed by atoms with Crippen LogP contribution in [0.4, 0.5) is 0 Å². The predicted molar refractivity (Wildman–Crippen MR) is 68.6 cm³/mol. The fraction of sp³-hybridized carbons (Fsp3) is 0.727. The second kappa shape index (κ2) is 8.79. The number of thioether (sulfide) groups is 1. The Morgan fingerprint density at radius 3 is 2.22 bits per heavy atom. The van der Waals surface area contributed by atoms with Gasteiger partial charge >= 0.3 is 11.9 Å². The van der Waals surface area contributed by atoms with Crippen LogP contribution in [-0.4, -0.2) is 45.6 Å². The number of rotatable bonds is 9. The summed E-state index contributed by atoms with van der Waals surface area (Å²) in [4.78, 5) is 32.9. The molecule has 7 heteroatoms. The number of amides is 1. The smallest absolute Gasteiger partial charge is 0.326 e. The van der Waals surface area contributed by atoms with E-state index in [-0.39, 0.29) is 6.42 Å². The van der Waals surface area contributed by atoms with E-state index in [4.69, 9.17) is 10.2 Å². The van der Waals surface area contributed by atoms with Crippen molar-refractivity contribution in [3.05, 3.63) is 0 Å². The molecule has 6 nitrogen and oxygen atoms in total. The van der Waals surface area contributed by atoms with Gasteiger partial charge in [-0.3, -0.25) is 9.59 Å². The Balaban J connectivity index is 4.23. The minimum absolute atomic E-state index is 0.290. The third-order valence-corrected chi connectivity index (χ3v) is 3.50. The molecule has 0 aliphatic heterocycles. The topological polar surface area (TPSA) is 104 Å². The molecule has 0 aliphatic rings. The quantitative estimate of drug-likeness (QED) is 0.425. The SMILES string of the molecule is CCCSCCC(NC(=O)C(C)C(=O)O)C(=O)O. The summed E-state index contributed by atoms with van der Waals surface area (Å²) in [5.41, 5.74) is 0. The van der Waals surface area contributed by atoms with Crippen molar-refractivity contribution in [1.29, 1.82) is 0 Å². The maximum absolute atomic E-state index is 11.4. The summed E-state index contributed by atoms with van der Waals surface area (Å²) in [6.07, 6.45) is 1.29. The van der Waals surface area contributed by atoms with E-state index in [1.165, 1.54) is 6.92 Å². The van der Waals surface area contributed by atoms with Crippen molar-refractivity contribution in [1.82, 2.24) is 5.32 Å². The zero-order chi connectivity index (χ0) is 14.1. The second-order valence-corrected chi connectivity index (χ2v) is 5.09. The van der Waals surface area contributed by atoms with E-state index in [2.05, 4.69) is 5.32 Å². The Hall–Kier alpha value is -1.24.